The Bertz CT molecular complexity index is 530. The molecule has 0 aromatic carbocycles. The molecule has 0 aliphatic carbocycles. The van der Waals surface area contributed by atoms with E-state index in [-0.39, 0.29) is 0 Å². The lowest BCUT2D eigenvalue weighted by Crippen LogP contribution is -2.21. The lowest BCUT2D eigenvalue weighted by molar-refractivity contribution is 0.0163. The molecule has 0 spiro atoms. The third kappa shape index (κ3) is 2.20. The van der Waals surface area contributed by atoms with Gasteiger partial charge in [-0.25, -0.2) is 4.98 Å². The number of nitrogens with zero attached hydrogens (tertiary/aromatic N) is 2. The zero-order valence-corrected chi connectivity index (χ0v) is 10.6. The number of methoxy groups -OCH3 is 1. The summed E-state index contributed by atoms with van der Waals surface area (Å²) in [5, 5.41) is 0. The number of hydrogen-bond acceptors (Lipinski definition) is 3. The highest BCUT2D eigenvalue weighted by Gasteiger charge is 2.16. The SMILES string of the molecule is COc1cccn2cc(CC3CCCCO3)nc12. The van der Waals surface area contributed by atoms with Crippen LogP contribution in [0.25, 0.3) is 5.65 Å². The summed E-state index contributed by atoms with van der Waals surface area (Å²) in [6, 6.07) is 3.90. The smallest absolute Gasteiger partial charge is 0.179 e. The zero-order chi connectivity index (χ0) is 12.4. The minimum absolute atomic E-state index is 0.328. The molecule has 3 heterocycles. The quantitative estimate of drug-likeness (QED) is 0.834. The second-order valence-electron chi connectivity index (χ2n) is 4.73. The Morgan fingerprint density at radius 2 is 2.44 bits per heavy atom. The lowest BCUT2D eigenvalue weighted by Gasteiger charge is -2.21. The zero-order valence-electron chi connectivity index (χ0n) is 10.6. The molecule has 4 heteroatoms. The third-order valence-corrected chi connectivity index (χ3v) is 3.43. The monoisotopic (exact) mass is 246 g/mol. The van der Waals surface area contributed by atoms with Gasteiger partial charge in [0.25, 0.3) is 0 Å². The van der Waals surface area contributed by atoms with Gasteiger partial charge < -0.3 is 13.9 Å². The fourth-order valence-electron chi connectivity index (χ4n) is 2.50. The van der Waals surface area contributed by atoms with E-state index < -0.39 is 0 Å². The van der Waals surface area contributed by atoms with E-state index in [0.29, 0.717) is 6.10 Å². The summed E-state index contributed by atoms with van der Waals surface area (Å²) in [7, 11) is 1.67. The Kier molecular flexibility index (Phi) is 3.19. The summed E-state index contributed by atoms with van der Waals surface area (Å²) in [5.41, 5.74) is 1.96. The van der Waals surface area contributed by atoms with Crippen LogP contribution >= 0.6 is 0 Å². The number of aromatic nitrogens is 2. The number of hydrogen-bond donors (Lipinski definition) is 0. The van der Waals surface area contributed by atoms with E-state index in [1.807, 2.05) is 22.7 Å². The van der Waals surface area contributed by atoms with Crippen LogP contribution < -0.4 is 4.74 Å². The molecule has 2 aromatic rings. The van der Waals surface area contributed by atoms with Gasteiger partial charge in [-0.2, -0.15) is 0 Å². The van der Waals surface area contributed by atoms with Gasteiger partial charge >= 0.3 is 0 Å². The van der Waals surface area contributed by atoms with Gasteiger partial charge in [0.15, 0.2) is 11.4 Å². The molecule has 0 bridgehead atoms. The first-order chi connectivity index (χ1) is 8.86. The van der Waals surface area contributed by atoms with Gasteiger partial charge in [0.2, 0.25) is 0 Å². The molecule has 18 heavy (non-hydrogen) atoms. The molecule has 96 valence electrons. The van der Waals surface area contributed by atoms with Gasteiger partial charge in [0.1, 0.15) is 0 Å². The average molecular weight is 246 g/mol. The van der Waals surface area contributed by atoms with Crippen molar-refractivity contribution in [1.29, 1.82) is 0 Å². The maximum absolute atomic E-state index is 5.75. The highest BCUT2D eigenvalue weighted by Crippen LogP contribution is 2.21. The van der Waals surface area contributed by atoms with Crippen LogP contribution in [-0.4, -0.2) is 29.2 Å². The molecule has 1 aliphatic rings. The Morgan fingerprint density at radius 1 is 1.50 bits per heavy atom. The van der Waals surface area contributed by atoms with E-state index in [9.17, 15) is 0 Å². The Balaban J connectivity index is 1.84. The van der Waals surface area contributed by atoms with Crippen LogP contribution in [-0.2, 0) is 11.2 Å². The van der Waals surface area contributed by atoms with Crippen molar-refractivity contribution in [2.24, 2.45) is 0 Å². The van der Waals surface area contributed by atoms with E-state index >= 15 is 0 Å². The van der Waals surface area contributed by atoms with Crippen LogP contribution in [0.3, 0.4) is 0 Å². The molecular weight excluding hydrogens is 228 g/mol. The first-order valence-corrected chi connectivity index (χ1v) is 6.49. The number of fused-ring (bicyclic) bond motifs is 1. The van der Waals surface area contributed by atoms with Gasteiger partial charge in [0.05, 0.1) is 18.9 Å². The van der Waals surface area contributed by atoms with Crippen LogP contribution in [0.1, 0.15) is 25.0 Å². The molecule has 2 aromatic heterocycles. The molecule has 4 nitrogen and oxygen atoms in total. The second kappa shape index (κ2) is 4.98. The fourth-order valence-corrected chi connectivity index (χ4v) is 2.50. The van der Waals surface area contributed by atoms with Crippen LogP contribution in [0.2, 0.25) is 0 Å². The van der Waals surface area contributed by atoms with E-state index in [1.54, 1.807) is 7.11 Å². The van der Waals surface area contributed by atoms with E-state index in [2.05, 4.69) is 11.2 Å². The maximum Gasteiger partial charge on any atom is 0.179 e. The van der Waals surface area contributed by atoms with Crippen molar-refractivity contribution < 1.29 is 9.47 Å². The molecule has 0 radical (unpaired) electrons. The minimum atomic E-state index is 0.328. The summed E-state index contributed by atoms with van der Waals surface area (Å²) in [6.07, 6.45) is 8.88. The van der Waals surface area contributed by atoms with Crippen molar-refractivity contribution in [1.82, 2.24) is 9.38 Å². The summed E-state index contributed by atoms with van der Waals surface area (Å²) >= 11 is 0. The Morgan fingerprint density at radius 3 is 3.22 bits per heavy atom. The topological polar surface area (TPSA) is 35.8 Å². The van der Waals surface area contributed by atoms with Crippen LogP contribution in [0.4, 0.5) is 0 Å². The molecule has 0 saturated carbocycles. The van der Waals surface area contributed by atoms with Crippen LogP contribution in [0.5, 0.6) is 5.75 Å². The summed E-state index contributed by atoms with van der Waals surface area (Å²) in [6.45, 7) is 0.890. The standard InChI is InChI=1S/C14H18N2O2/c1-17-13-6-4-7-16-10-11(15-14(13)16)9-12-5-2-3-8-18-12/h4,6-7,10,12H,2-3,5,8-9H2,1H3. The van der Waals surface area contributed by atoms with Gasteiger partial charge in [-0.05, 0) is 31.4 Å². The number of imidazole rings is 1. The first-order valence-electron chi connectivity index (χ1n) is 6.49. The minimum Gasteiger partial charge on any atom is -0.493 e. The molecule has 1 fully saturated rings. The first kappa shape index (κ1) is 11.5. The summed E-state index contributed by atoms with van der Waals surface area (Å²) in [5.74, 6) is 0.813. The second-order valence-corrected chi connectivity index (χ2v) is 4.73. The predicted molar refractivity (Wildman–Crippen MR) is 69.0 cm³/mol. The van der Waals surface area contributed by atoms with Crippen molar-refractivity contribution >= 4 is 5.65 Å². The molecule has 0 amide bonds. The molecular formula is C14H18N2O2. The summed E-state index contributed by atoms with van der Waals surface area (Å²) < 4.78 is 13.1. The van der Waals surface area contributed by atoms with Crippen molar-refractivity contribution in [2.75, 3.05) is 13.7 Å². The molecule has 0 N–H and O–H groups in total. The highest BCUT2D eigenvalue weighted by atomic mass is 16.5. The maximum atomic E-state index is 5.75. The van der Waals surface area contributed by atoms with Crippen molar-refractivity contribution in [3.63, 3.8) is 0 Å². The van der Waals surface area contributed by atoms with Crippen molar-refractivity contribution in [3.05, 3.63) is 30.2 Å². The molecule has 1 saturated heterocycles. The number of ether oxygens (including phenoxy) is 2. The third-order valence-electron chi connectivity index (χ3n) is 3.43. The fraction of sp³-hybridized carbons (Fsp3) is 0.500. The summed E-state index contributed by atoms with van der Waals surface area (Å²) in [4.78, 5) is 4.64. The van der Waals surface area contributed by atoms with E-state index in [4.69, 9.17) is 9.47 Å². The average Bonchev–Trinajstić information content (AvgIpc) is 2.82. The Labute approximate surface area is 107 Å². The lowest BCUT2D eigenvalue weighted by atomic mass is 10.1. The number of pyridine rings is 1. The van der Waals surface area contributed by atoms with Crippen LogP contribution in [0.15, 0.2) is 24.5 Å². The largest absolute Gasteiger partial charge is 0.493 e. The normalized spacial score (nSPS) is 20.2. The number of rotatable bonds is 3. The molecule has 1 aliphatic heterocycles. The van der Waals surface area contributed by atoms with Gasteiger partial charge in [-0.3, -0.25) is 0 Å². The van der Waals surface area contributed by atoms with Crippen molar-refractivity contribution in [2.45, 2.75) is 31.8 Å². The molecule has 1 atom stereocenters. The van der Waals surface area contributed by atoms with E-state index in [1.165, 1.54) is 12.8 Å². The van der Waals surface area contributed by atoms with E-state index in [0.717, 1.165) is 36.5 Å². The van der Waals surface area contributed by atoms with Gasteiger partial charge in [0, 0.05) is 25.4 Å². The van der Waals surface area contributed by atoms with Crippen molar-refractivity contribution in [3.8, 4) is 5.75 Å². The molecule has 3 rings (SSSR count). The molecule has 1 unspecified atom stereocenters. The van der Waals surface area contributed by atoms with Gasteiger partial charge in [-0.15, -0.1) is 0 Å². The Hall–Kier alpha value is -1.55. The van der Waals surface area contributed by atoms with Crippen LogP contribution in [0, 0.1) is 0 Å². The predicted octanol–water partition coefficient (Wildman–Crippen LogP) is 2.45. The highest BCUT2D eigenvalue weighted by molar-refractivity contribution is 5.54. The van der Waals surface area contributed by atoms with Gasteiger partial charge in [-0.1, -0.05) is 0 Å².